The van der Waals surface area contributed by atoms with E-state index in [2.05, 4.69) is 42.4 Å². The molecular formula is C18H26N2O. The number of benzene rings is 1. The molecule has 1 heterocycles. The lowest BCUT2D eigenvalue weighted by Crippen LogP contribution is -2.29. The van der Waals surface area contributed by atoms with Gasteiger partial charge < -0.3 is 9.73 Å². The monoisotopic (exact) mass is 286 g/mol. The van der Waals surface area contributed by atoms with Crippen LogP contribution in [0.3, 0.4) is 0 Å². The van der Waals surface area contributed by atoms with E-state index in [1.807, 2.05) is 6.07 Å². The van der Waals surface area contributed by atoms with Crippen LogP contribution in [0.5, 0.6) is 0 Å². The number of hydrogen-bond acceptors (Lipinski definition) is 3. The summed E-state index contributed by atoms with van der Waals surface area (Å²) in [4.78, 5) is 2.41. The van der Waals surface area contributed by atoms with Crippen molar-refractivity contribution in [1.29, 1.82) is 0 Å². The van der Waals surface area contributed by atoms with Crippen LogP contribution in [-0.2, 0) is 13.1 Å². The summed E-state index contributed by atoms with van der Waals surface area (Å²) >= 11 is 0. The van der Waals surface area contributed by atoms with Gasteiger partial charge in [-0.1, -0.05) is 31.5 Å². The van der Waals surface area contributed by atoms with Gasteiger partial charge in [-0.15, -0.1) is 0 Å². The van der Waals surface area contributed by atoms with Gasteiger partial charge >= 0.3 is 0 Å². The van der Waals surface area contributed by atoms with Gasteiger partial charge in [-0.2, -0.15) is 0 Å². The number of fused-ring (bicyclic) bond motifs is 1. The molecule has 1 aliphatic carbocycles. The molecule has 3 nitrogen and oxygen atoms in total. The molecule has 1 aliphatic rings. The predicted octanol–water partition coefficient (Wildman–Crippen LogP) is 3.77. The Kier molecular flexibility index (Phi) is 4.61. The zero-order valence-corrected chi connectivity index (χ0v) is 13.2. The van der Waals surface area contributed by atoms with E-state index in [4.69, 9.17) is 4.42 Å². The highest BCUT2D eigenvalue weighted by molar-refractivity contribution is 5.82. The van der Waals surface area contributed by atoms with E-state index < -0.39 is 0 Å². The molecule has 0 bridgehead atoms. The third kappa shape index (κ3) is 3.30. The van der Waals surface area contributed by atoms with Gasteiger partial charge in [0, 0.05) is 24.0 Å². The molecule has 114 valence electrons. The second-order valence-electron chi connectivity index (χ2n) is 6.27. The van der Waals surface area contributed by atoms with Gasteiger partial charge in [0.25, 0.3) is 0 Å². The molecule has 1 aromatic heterocycles. The second-order valence-corrected chi connectivity index (χ2v) is 6.27. The van der Waals surface area contributed by atoms with Crippen molar-refractivity contribution in [2.45, 2.75) is 39.3 Å². The number of hydrogen-bond donors (Lipinski definition) is 1. The molecule has 0 amide bonds. The fourth-order valence-electron chi connectivity index (χ4n) is 3.15. The third-order valence-electron chi connectivity index (χ3n) is 4.54. The van der Waals surface area contributed by atoms with Crippen molar-refractivity contribution < 1.29 is 4.42 Å². The molecule has 3 rings (SSSR count). The van der Waals surface area contributed by atoms with Crippen molar-refractivity contribution in [2.75, 3.05) is 20.1 Å². The molecule has 0 aliphatic heterocycles. The molecule has 1 fully saturated rings. The van der Waals surface area contributed by atoms with Crippen LogP contribution in [0.2, 0.25) is 0 Å². The summed E-state index contributed by atoms with van der Waals surface area (Å²) in [5, 5.41) is 4.70. The summed E-state index contributed by atoms with van der Waals surface area (Å²) in [6.07, 6.45) is 4.21. The molecule has 1 aromatic carbocycles. The molecule has 1 N–H and O–H groups in total. The number of rotatable bonds is 7. The van der Waals surface area contributed by atoms with Gasteiger partial charge in [-0.25, -0.2) is 0 Å². The quantitative estimate of drug-likeness (QED) is 0.840. The van der Waals surface area contributed by atoms with Gasteiger partial charge in [-0.3, -0.25) is 4.90 Å². The van der Waals surface area contributed by atoms with Crippen molar-refractivity contribution in [3.8, 4) is 0 Å². The van der Waals surface area contributed by atoms with Crippen molar-refractivity contribution in [3.05, 3.63) is 35.6 Å². The minimum absolute atomic E-state index is 0.889. The van der Waals surface area contributed by atoms with E-state index in [-0.39, 0.29) is 0 Å². The molecular weight excluding hydrogens is 260 g/mol. The molecule has 0 spiro atoms. The van der Waals surface area contributed by atoms with E-state index in [9.17, 15) is 0 Å². The Morgan fingerprint density at radius 1 is 1.29 bits per heavy atom. The van der Waals surface area contributed by atoms with Crippen LogP contribution in [0.15, 0.2) is 28.7 Å². The standard InChI is InChI=1S/C18H26N2O/c1-3-19-11-16-15-9-4-5-10-17(15)21-18(16)13-20(2)12-14-7-6-8-14/h4-5,9-10,14,19H,3,6-8,11-13H2,1-2H3. The number of furan rings is 1. The van der Waals surface area contributed by atoms with Gasteiger partial charge in [0.05, 0.1) is 6.54 Å². The average Bonchev–Trinajstić information content (AvgIpc) is 2.78. The summed E-state index contributed by atoms with van der Waals surface area (Å²) in [5.41, 5.74) is 2.34. The lowest BCUT2D eigenvalue weighted by Gasteiger charge is -2.29. The van der Waals surface area contributed by atoms with Crippen LogP contribution >= 0.6 is 0 Å². The van der Waals surface area contributed by atoms with Crippen LogP contribution in [-0.4, -0.2) is 25.0 Å². The zero-order chi connectivity index (χ0) is 14.7. The van der Waals surface area contributed by atoms with Crippen LogP contribution in [0.1, 0.15) is 37.5 Å². The molecule has 0 unspecified atom stereocenters. The van der Waals surface area contributed by atoms with Gasteiger partial charge in [-0.05, 0) is 38.4 Å². The first-order valence-electron chi connectivity index (χ1n) is 8.16. The van der Waals surface area contributed by atoms with E-state index in [0.29, 0.717) is 0 Å². The van der Waals surface area contributed by atoms with Gasteiger partial charge in [0.15, 0.2) is 0 Å². The molecule has 0 radical (unpaired) electrons. The van der Waals surface area contributed by atoms with Gasteiger partial charge in [0.1, 0.15) is 11.3 Å². The Labute approximate surface area is 127 Å². The first-order chi connectivity index (χ1) is 10.3. The summed E-state index contributed by atoms with van der Waals surface area (Å²) in [5.74, 6) is 2.02. The first kappa shape index (κ1) is 14.6. The van der Waals surface area contributed by atoms with Crippen LogP contribution in [0, 0.1) is 5.92 Å². The second kappa shape index (κ2) is 6.63. The topological polar surface area (TPSA) is 28.4 Å². The van der Waals surface area contributed by atoms with Crippen molar-refractivity contribution in [3.63, 3.8) is 0 Å². The van der Waals surface area contributed by atoms with E-state index in [1.54, 1.807) is 0 Å². The minimum atomic E-state index is 0.889. The summed E-state index contributed by atoms with van der Waals surface area (Å²) in [7, 11) is 2.21. The minimum Gasteiger partial charge on any atom is -0.459 e. The van der Waals surface area contributed by atoms with E-state index in [1.165, 1.54) is 36.8 Å². The van der Waals surface area contributed by atoms with Crippen molar-refractivity contribution in [1.82, 2.24) is 10.2 Å². The highest BCUT2D eigenvalue weighted by Gasteiger charge is 2.21. The smallest absolute Gasteiger partial charge is 0.134 e. The highest BCUT2D eigenvalue weighted by atomic mass is 16.3. The average molecular weight is 286 g/mol. The summed E-state index contributed by atoms with van der Waals surface area (Å²) in [6, 6.07) is 8.38. The Balaban J connectivity index is 1.78. The maximum Gasteiger partial charge on any atom is 0.134 e. The van der Waals surface area contributed by atoms with E-state index >= 15 is 0 Å². The third-order valence-corrected chi connectivity index (χ3v) is 4.54. The molecule has 21 heavy (non-hydrogen) atoms. The van der Waals surface area contributed by atoms with Crippen LogP contribution in [0.25, 0.3) is 11.0 Å². The Hall–Kier alpha value is -1.32. The van der Waals surface area contributed by atoms with Crippen molar-refractivity contribution in [2.24, 2.45) is 5.92 Å². The first-order valence-corrected chi connectivity index (χ1v) is 8.16. The van der Waals surface area contributed by atoms with Crippen LogP contribution < -0.4 is 5.32 Å². The summed E-state index contributed by atoms with van der Waals surface area (Å²) in [6.45, 7) is 6.12. The molecule has 0 saturated heterocycles. The maximum absolute atomic E-state index is 6.12. The SMILES string of the molecule is CCNCc1c(CN(C)CC2CCC2)oc2ccccc12. The maximum atomic E-state index is 6.12. The lowest BCUT2D eigenvalue weighted by molar-refractivity contribution is 0.191. The zero-order valence-electron chi connectivity index (χ0n) is 13.2. The summed E-state index contributed by atoms with van der Waals surface area (Å²) < 4.78 is 6.12. The van der Waals surface area contributed by atoms with Crippen molar-refractivity contribution >= 4 is 11.0 Å². The van der Waals surface area contributed by atoms with E-state index in [0.717, 1.165) is 36.9 Å². The normalized spacial score (nSPS) is 15.8. The van der Waals surface area contributed by atoms with Crippen LogP contribution in [0.4, 0.5) is 0 Å². The Morgan fingerprint density at radius 3 is 2.81 bits per heavy atom. The lowest BCUT2D eigenvalue weighted by atomic mass is 9.85. The molecule has 2 aromatic rings. The molecule has 3 heteroatoms. The highest BCUT2D eigenvalue weighted by Crippen LogP contribution is 2.29. The Bertz CT molecular complexity index is 586. The fourth-order valence-corrected chi connectivity index (χ4v) is 3.15. The molecule has 1 saturated carbocycles. The largest absolute Gasteiger partial charge is 0.459 e. The fraction of sp³-hybridized carbons (Fsp3) is 0.556. The van der Waals surface area contributed by atoms with Gasteiger partial charge in [0.2, 0.25) is 0 Å². The number of para-hydroxylation sites is 1. The molecule has 0 atom stereocenters. The predicted molar refractivity (Wildman–Crippen MR) is 87.3 cm³/mol. The number of nitrogens with zero attached hydrogens (tertiary/aromatic N) is 1. The number of nitrogens with one attached hydrogen (secondary N) is 1. The Morgan fingerprint density at radius 2 is 2.10 bits per heavy atom.